The summed E-state index contributed by atoms with van der Waals surface area (Å²) in [6.07, 6.45) is 3.03. The Labute approximate surface area is 110 Å². The van der Waals surface area contributed by atoms with Crippen molar-refractivity contribution >= 4 is 10.2 Å². The van der Waals surface area contributed by atoms with Gasteiger partial charge in [-0.05, 0) is 32.4 Å². The second-order valence-corrected chi connectivity index (χ2v) is 7.20. The van der Waals surface area contributed by atoms with Crippen molar-refractivity contribution in [3.8, 4) is 0 Å². The van der Waals surface area contributed by atoms with Gasteiger partial charge in [-0.25, -0.2) is 0 Å². The first-order chi connectivity index (χ1) is 8.55. The van der Waals surface area contributed by atoms with E-state index in [9.17, 15) is 8.42 Å². The van der Waals surface area contributed by atoms with E-state index in [1.807, 2.05) is 0 Å². The minimum Gasteiger partial charge on any atom is -0.330 e. The monoisotopic (exact) mass is 276 g/mol. The van der Waals surface area contributed by atoms with Crippen molar-refractivity contribution in [2.45, 2.75) is 25.3 Å². The van der Waals surface area contributed by atoms with Crippen LogP contribution in [0.1, 0.15) is 19.3 Å². The van der Waals surface area contributed by atoms with Gasteiger partial charge in [0.1, 0.15) is 0 Å². The molecule has 1 atom stereocenters. The van der Waals surface area contributed by atoms with Crippen molar-refractivity contribution in [1.82, 2.24) is 13.5 Å². The zero-order chi connectivity index (χ0) is 13.2. The van der Waals surface area contributed by atoms with E-state index in [4.69, 9.17) is 5.73 Å². The molecular formula is C11H24N4O2S. The molecule has 0 aliphatic carbocycles. The first-order valence-corrected chi connectivity index (χ1v) is 8.11. The van der Waals surface area contributed by atoms with Gasteiger partial charge in [0.05, 0.1) is 0 Å². The van der Waals surface area contributed by atoms with Crippen LogP contribution >= 0.6 is 0 Å². The fraction of sp³-hybridized carbons (Fsp3) is 1.00. The van der Waals surface area contributed by atoms with E-state index >= 15 is 0 Å². The van der Waals surface area contributed by atoms with Crippen molar-refractivity contribution in [3.05, 3.63) is 0 Å². The number of fused-ring (bicyclic) bond motifs is 1. The Morgan fingerprint density at radius 2 is 2.11 bits per heavy atom. The molecule has 0 spiro atoms. The van der Waals surface area contributed by atoms with Gasteiger partial charge in [-0.3, -0.25) is 4.90 Å². The van der Waals surface area contributed by atoms with Crippen LogP contribution in [-0.4, -0.2) is 74.3 Å². The summed E-state index contributed by atoms with van der Waals surface area (Å²) >= 11 is 0. The fourth-order valence-corrected chi connectivity index (χ4v) is 4.23. The van der Waals surface area contributed by atoms with Gasteiger partial charge in [0.15, 0.2) is 0 Å². The smallest absolute Gasteiger partial charge is 0.281 e. The molecule has 2 rings (SSSR count). The Morgan fingerprint density at radius 3 is 2.83 bits per heavy atom. The van der Waals surface area contributed by atoms with Crippen LogP contribution in [0.15, 0.2) is 0 Å². The molecule has 0 radical (unpaired) electrons. The van der Waals surface area contributed by atoms with E-state index in [-0.39, 0.29) is 0 Å². The lowest BCUT2D eigenvalue weighted by molar-refractivity contribution is 0.153. The normalized spacial score (nSPS) is 26.7. The van der Waals surface area contributed by atoms with Crippen LogP contribution in [0.5, 0.6) is 0 Å². The molecule has 18 heavy (non-hydrogen) atoms. The number of nitrogens with zero attached hydrogens (tertiary/aromatic N) is 3. The van der Waals surface area contributed by atoms with Gasteiger partial charge >= 0.3 is 0 Å². The SMILES string of the molecule is CN(CCCN)S(=O)(=O)N1CCN2CCCC2C1. The third-order valence-electron chi connectivity index (χ3n) is 3.95. The van der Waals surface area contributed by atoms with Gasteiger partial charge in [-0.1, -0.05) is 0 Å². The molecular weight excluding hydrogens is 252 g/mol. The third-order valence-corrected chi connectivity index (χ3v) is 5.90. The number of hydrogen-bond donors (Lipinski definition) is 1. The van der Waals surface area contributed by atoms with Gasteiger partial charge in [0, 0.05) is 39.3 Å². The topological polar surface area (TPSA) is 69.9 Å². The minimum atomic E-state index is -3.29. The molecule has 0 aromatic carbocycles. The number of hydrogen-bond acceptors (Lipinski definition) is 4. The molecule has 2 aliphatic heterocycles. The standard InChI is InChI=1S/C11H24N4O2S/c1-13(6-3-5-12)18(16,17)15-9-8-14-7-2-4-11(14)10-15/h11H,2-10,12H2,1H3. The quantitative estimate of drug-likeness (QED) is 0.720. The van der Waals surface area contributed by atoms with Gasteiger partial charge < -0.3 is 5.73 Å². The van der Waals surface area contributed by atoms with E-state index in [0.29, 0.717) is 38.6 Å². The maximum atomic E-state index is 12.4. The van der Waals surface area contributed by atoms with Gasteiger partial charge in [0.25, 0.3) is 10.2 Å². The second-order valence-electron chi connectivity index (χ2n) is 5.16. The first kappa shape index (κ1) is 14.2. The molecule has 6 nitrogen and oxygen atoms in total. The highest BCUT2D eigenvalue weighted by atomic mass is 32.2. The Hall–Kier alpha value is -0.210. The van der Waals surface area contributed by atoms with Crippen molar-refractivity contribution < 1.29 is 8.42 Å². The average Bonchev–Trinajstić information content (AvgIpc) is 2.82. The summed E-state index contributed by atoms with van der Waals surface area (Å²) in [5.41, 5.74) is 5.43. The summed E-state index contributed by atoms with van der Waals surface area (Å²) < 4.78 is 27.8. The lowest BCUT2D eigenvalue weighted by atomic mass is 10.2. The molecule has 2 aliphatic rings. The van der Waals surface area contributed by atoms with Crippen LogP contribution in [0.2, 0.25) is 0 Å². The van der Waals surface area contributed by atoms with Crippen LogP contribution in [-0.2, 0) is 10.2 Å². The maximum absolute atomic E-state index is 12.4. The Bertz CT molecular complexity index is 373. The van der Waals surface area contributed by atoms with Gasteiger partial charge in [0.2, 0.25) is 0 Å². The molecule has 0 bridgehead atoms. The second kappa shape index (κ2) is 5.83. The van der Waals surface area contributed by atoms with E-state index in [1.165, 1.54) is 10.7 Å². The van der Waals surface area contributed by atoms with E-state index in [0.717, 1.165) is 19.5 Å². The van der Waals surface area contributed by atoms with Crippen LogP contribution in [0.3, 0.4) is 0 Å². The summed E-state index contributed by atoms with van der Waals surface area (Å²) in [6, 6.07) is 0.427. The average molecular weight is 276 g/mol. The van der Waals surface area contributed by atoms with E-state index < -0.39 is 10.2 Å². The molecule has 0 aromatic heterocycles. The molecule has 2 fully saturated rings. The van der Waals surface area contributed by atoms with Crippen molar-refractivity contribution in [2.75, 3.05) is 46.3 Å². The largest absolute Gasteiger partial charge is 0.330 e. The molecule has 0 amide bonds. The highest BCUT2D eigenvalue weighted by Crippen LogP contribution is 2.23. The summed E-state index contributed by atoms with van der Waals surface area (Å²) in [6.45, 7) is 4.29. The molecule has 1 unspecified atom stereocenters. The van der Waals surface area contributed by atoms with E-state index in [1.54, 1.807) is 11.4 Å². The zero-order valence-electron chi connectivity index (χ0n) is 11.1. The number of nitrogens with two attached hydrogens (primary N) is 1. The molecule has 106 valence electrons. The van der Waals surface area contributed by atoms with Crippen LogP contribution < -0.4 is 5.73 Å². The first-order valence-electron chi connectivity index (χ1n) is 6.71. The highest BCUT2D eigenvalue weighted by molar-refractivity contribution is 7.86. The highest BCUT2D eigenvalue weighted by Gasteiger charge is 2.36. The summed E-state index contributed by atoms with van der Waals surface area (Å²) in [4.78, 5) is 2.41. The summed E-state index contributed by atoms with van der Waals surface area (Å²) in [5, 5.41) is 0. The van der Waals surface area contributed by atoms with Crippen molar-refractivity contribution in [1.29, 1.82) is 0 Å². The number of piperazine rings is 1. The Balaban J connectivity index is 1.97. The van der Waals surface area contributed by atoms with Crippen LogP contribution in [0.4, 0.5) is 0 Å². The molecule has 0 saturated carbocycles. The third kappa shape index (κ3) is 2.85. The molecule has 7 heteroatoms. The van der Waals surface area contributed by atoms with Crippen molar-refractivity contribution in [2.24, 2.45) is 5.73 Å². The van der Waals surface area contributed by atoms with Crippen molar-refractivity contribution in [3.63, 3.8) is 0 Å². The molecule has 2 N–H and O–H groups in total. The predicted molar refractivity (Wildman–Crippen MR) is 71.4 cm³/mol. The van der Waals surface area contributed by atoms with Gasteiger partial charge in [-0.15, -0.1) is 0 Å². The van der Waals surface area contributed by atoms with E-state index in [2.05, 4.69) is 4.90 Å². The molecule has 2 saturated heterocycles. The number of rotatable bonds is 5. The lowest BCUT2D eigenvalue weighted by Gasteiger charge is -2.38. The molecule has 0 aromatic rings. The minimum absolute atomic E-state index is 0.427. The van der Waals surface area contributed by atoms with Gasteiger partial charge in [-0.2, -0.15) is 17.0 Å². The summed E-state index contributed by atoms with van der Waals surface area (Å²) in [5.74, 6) is 0. The molecule has 2 heterocycles. The summed E-state index contributed by atoms with van der Waals surface area (Å²) in [7, 11) is -1.64. The maximum Gasteiger partial charge on any atom is 0.281 e. The predicted octanol–water partition coefficient (Wildman–Crippen LogP) is -0.708. The Morgan fingerprint density at radius 1 is 1.33 bits per heavy atom. The van der Waals surface area contributed by atoms with Crippen LogP contribution in [0.25, 0.3) is 0 Å². The lowest BCUT2D eigenvalue weighted by Crippen LogP contribution is -2.55. The van der Waals surface area contributed by atoms with Crippen LogP contribution in [0, 0.1) is 0 Å². The fourth-order valence-electron chi connectivity index (χ4n) is 2.80. The zero-order valence-corrected chi connectivity index (χ0v) is 11.9. The Kier molecular flexibility index (Phi) is 4.60.